The van der Waals surface area contributed by atoms with Crippen molar-refractivity contribution in [3.8, 4) is 5.75 Å². The first-order valence-corrected chi connectivity index (χ1v) is 10.4. The zero-order chi connectivity index (χ0) is 21.1. The molecule has 0 saturated heterocycles. The summed E-state index contributed by atoms with van der Waals surface area (Å²) < 4.78 is 5.33. The van der Waals surface area contributed by atoms with E-state index in [9.17, 15) is 9.59 Å². The zero-order valence-electron chi connectivity index (χ0n) is 17.5. The van der Waals surface area contributed by atoms with E-state index in [0.29, 0.717) is 13.1 Å². The standard InChI is InChI=1S/C24H27N3O3/c1-3-16-8-9-20-18(12-16)24(29)19-14-27(11-10-21(19)26-20)15-23(28)25-13-17-6-4-5-7-22(17)30-2/h4-9,12H,3,10-11,13-15H2,1-2H3,(H,25,28)(H,26,29). The molecule has 1 aromatic heterocycles. The molecule has 0 aliphatic carbocycles. The summed E-state index contributed by atoms with van der Waals surface area (Å²) in [6.07, 6.45) is 1.63. The number of fused-ring (bicyclic) bond motifs is 2. The molecule has 0 bridgehead atoms. The van der Waals surface area contributed by atoms with Crippen molar-refractivity contribution in [2.75, 3.05) is 20.2 Å². The number of hydrogen-bond donors (Lipinski definition) is 2. The first-order chi connectivity index (χ1) is 14.6. The van der Waals surface area contributed by atoms with Gasteiger partial charge in [-0.2, -0.15) is 0 Å². The number of benzene rings is 2. The molecule has 156 valence electrons. The lowest BCUT2D eigenvalue weighted by Crippen LogP contribution is -2.41. The Morgan fingerprint density at radius 3 is 2.87 bits per heavy atom. The maximum atomic E-state index is 13.1. The third-order valence-corrected chi connectivity index (χ3v) is 5.76. The van der Waals surface area contributed by atoms with Gasteiger partial charge in [0.2, 0.25) is 5.91 Å². The minimum atomic E-state index is -0.0603. The molecule has 0 spiro atoms. The summed E-state index contributed by atoms with van der Waals surface area (Å²) in [5.74, 6) is 0.699. The molecular formula is C24H27N3O3. The highest BCUT2D eigenvalue weighted by Gasteiger charge is 2.22. The molecule has 4 rings (SSSR count). The Kier molecular flexibility index (Phi) is 5.86. The zero-order valence-corrected chi connectivity index (χ0v) is 17.5. The van der Waals surface area contributed by atoms with E-state index in [4.69, 9.17) is 4.74 Å². The Hall–Kier alpha value is -3.12. The SMILES string of the molecule is CCc1ccc2[nH]c3c(c(=O)c2c1)CN(CC(=O)NCc1ccccc1OC)CC3. The molecule has 0 saturated carbocycles. The molecular weight excluding hydrogens is 378 g/mol. The molecule has 2 heterocycles. The van der Waals surface area contributed by atoms with Crippen LogP contribution in [0.4, 0.5) is 0 Å². The van der Waals surface area contributed by atoms with Crippen molar-refractivity contribution in [2.24, 2.45) is 0 Å². The lowest BCUT2D eigenvalue weighted by atomic mass is 10.0. The van der Waals surface area contributed by atoms with Crippen LogP contribution in [0.2, 0.25) is 0 Å². The summed E-state index contributed by atoms with van der Waals surface area (Å²) in [5, 5.41) is 3.69. The molecule has 6 heteroatoms. The third-order valence-electron chi connectivity index (χ3n) is 5.76. The van der Waals surface area contributed by atoms with E-state index in [1.54, 1.807) is 7.11 Å². The Labute approximate surface area is 175 Å². The summed E-state index contributed by atoms with van der Waals surface area (Å²) in [6.45, 7) is 3.99. The second kappa shape index (κ2) is 8.71. The van der Waals surface area contributed by atoms with Crippen molar-refractivity contribution >= 4 is 16.8 Å². The average Bonchev–Trinajstić information content (AvgIpc) is 2.78. The van der Waals surface area contributed by atoms with Crippen LogP contribution < -0.4 is 15.5 Å². The topological polar surface area (TPSA) is 74.4 Å². The van der Waals surface area contributed by atoms with E-state index >= 15 is 0 Å². The van der Waals surface area contributed by atoms with Crippen LogP contribution in [-0.2, 0) is 30.7 Å². The molecule has 3 aromatic rings. The van der Waals surface area contributed by atoms with E-state index < -0.39 is 0 Å². The van der Waals surface area contributed by atoms with E-state index in [1.165, 1.54) is 0 Å². The summed E-state index contributed by atoms with van der Waals surface area (Å²) in [4.78, 5) is 31.1. The monoisotopic (exact) mass is 405 g/mol. The number of carbonyl (C=O) groups excluding carboxylic acids is 1. The number of rotatable bonds is 6. The number of hydrogen-bond acceptors (Lipinski definition) is 4. The average molecular weight is 405 g/mol. The van der Waals surface area contributed by atoms with Gasteiger partial charge in [-0.25, -0.2) is 0 Å². The van der Waals surface area contributed by atoms with Gasteiger partial charge < -0.3 is 15.0 Å². The predicted octanol–water partition coefficient (Wildman–Crippen LogP) is 2.77. The number of aryl methyl sites for hydroxylation is 1. The molecule has 6 nitrogen and oxygen atoms in total. The van der Waals surface area contributed by atoms with Crippen molar-refractivity contribution in [1.29, 1.82) is 0 Å². The fourth-order valence-corrected chi connectivity index (χ4v) is 4.04. The normalized spacial score (nSPS) is 13.8. The van der Waals surface area contributed by atoms with Gasteiger partial charge >= 0.3 is 0 Å². The molecule has 2 aromatic carbocycles. The number of para-hydroxylation sites is 1. The Bertz CT molecular complexity index is 1140. The number of H-pyrrole nitrogens is 1. The second-order valence-corrected chi connectivity index (χ2v) is 7.69. The summed E-state index contributed by atoms with van der Waals surface area (Å²) in [7, 11) is 1.62. The quantitative estimate of drug-likeness (QED) is 0.661. The lowest BCUT2D eigenvalue weighted by molar-refractivity contribution is -0.122. The third kappa shape index (κ3) is 4.09. The molecule has 0 atom stereocenters. The second-order valence-electron chi connectivity index (χ2n) is 7.69. The molecule has 1 aliphatic rings. The van der Waals surface area contributed by atoms with Crippen molar-refractivity contribution in [2.45, 2.75) is 32.9 Å². The minimum absolute atomic E-state index is 0.0603. The van der Waals surface area contributed by atoms with Crippen LogP contribution in [0.3, 0.4) is 0 Å². The number of nitrogens with one attached hydrogen (secondary N) is 2. The Morgan fingerprint density at radius 2 is 2.07 bits per heavy atom. The molecule has 0 fully saturated rings. The molecule has 0 radical (unpaired) electrons. The molecule has 2 N–H and O–H groups in total. The number of aromatic amines is 1. The van der Waals surface area contributed by atoms with Crippen molar-refractivity contribution in [3.05, 3.63) is 75.1 Å². The molecule has 30 heavy (non-hydrogen) atoms. The maximum absolute atomic E-state index is 13.1. The maximum Gasteiger partial charge on any atom is 0.234 e. The largest absolute Gasteiger partial charge is 0.496 e. The molecule has 0 unspecified atom stereocenters. The van der Waals surface area contributed by atoms with Gasteiger partial charge in [-0.3, -0.25) is 14.5 Å². The number of ether oxygens (including phenoxy) is 1. The van der Waals surface area contributed by atoms with Gasteiger partial charge in [0.05, 0.1) is 13.7 Å². The number of aromatic nitrogens is 1. The van der Waals surface area contributed by atoms with Gasteiger partial charge in [-0.1, -0.05) is 31.2 Å². The summed E-state index contributed by atoms with van der Waals surface area (Å²) in [5.41, 5.74) is 4.82. The van der Waals surface area contributed by atoms with Gasteiger partial charge in [0.25, 0.3) is 0 Å². The highest BCUT2D eigenvalue weighted by Crippen LogP contribution is 2.20. The molecule has 1 amide bonds. The van der Waals surface area contributed by atoms with Gasteiger partial charge in [-0.05, 0) is 30.2 Å². The number of carbonyl (C=O) groups is 1. The molecule has 1 aliphatic heterocycles. The van der Waals surface area contributed by atoms with Gasteiger partial charge in [-0.15, -0.1) is 0 Å². The first-order valence-electron chi connectivity index (χ1n) is 10.4. The van der Waals surface area contributed by atoms with Crippen LogP contribution in [-0.4, -0.2) is 36.0 Å². The van der Waals surface area contributed by atoms with Crippen LogP contribution in [0.5, 0.6) is 5.75 Å². The van der Waals surface area contributed by atoms with Crippen molar-refractivity contribution < 1.29 is 9.53 Å². The van der Waals surface area contributed by atoms with Crippen molar-refractivity contribution in [1.82, 2.24) is 15.2 Å². The lowest BCUT2D eigenvalue weighted by Gasteiger charge is -2.28. The van der Waals surface area contributed by atoms with Crippen LogP contribution in [0.15, 0.2) is 47.3 Å². The van der Waals surface area contributed by atoms with Crippen LogP contribution >= 0.6 is 0 Å². The summed E-state index contributed by atoms with van der Waals surface area (Å²) in [6, 6.07) is 13.7. The van der Waals surface area contributed by atoms with Gasteiger partial charge in [0.15, 0.2) is 5.43 Å². The van der Waals surface area contributed by atoms with Gasteiger partial charge in [0.1, 0.15) is 5.75 Å². The fourth-order valence-electron chi connectivity index (χ4n) is 4.04. The van der Waals surface area contributed by atoms with E-state index in [1.807, 2.05) is 41.3 Å². The summed E-state index contributed by atoms with van der Waals surface area (Å²) >= 11 is 0. The van der Waals surface area contributed by atoms with E-state index in [0.717, 1.165) is 58.4 Å². The van der Waals surface area contributed by atoms with E-state index in [2.05, 4.69) is 23.3 Å². The number of methoxy groups -OCH3 is 1. The van der Waals surface area contributed by atoms with E-state index in [-0.39, 0.29) is 17.9 Å². The Morgan fingerprint density at radius 1 is 1.23 bits per heavy atom. The Balaban J connectivity index is 1.45. The van der Waals surface area contributed by atoms with Crippen LogP contribution in [0.1, 0.15) is 29.3 Å². The van der Waals surface area contributed by atoms with Gasteiger partial charge in [0, 0.05) is 53.8 Å². The number of amides is 1. The minimum Gasteiger partial charge on any atom is -0.496 e. The highest BCUT2D eigenvalue weighted by atomic mass is 16.5. The van der Waals surface area contributed by atoms with Crippen LogP contribution in [0, 0.1) is 0 Å². The van der Waals surface area contributed by atoms with Crippen molar-refractivity contribution in [3.63, 3.8) is 0 Å². The number of pyridine rings is 1. The van der Waals surface area contributed by atoms with Crippen LogP contribution in [0.25, 0.3) is 10.9 Å². The fraction of sp³-hybridized carbons (Fsp3) is 0.333. The first kappa shape index (κ1) is 20.2. The number of nitrogens with zero attached hydrogens (tertiary/aromatic N) is 1. The highest BCUT2D eigenvalue weighted by molar-refractivity contribution is 5.80. The predicted molar refractivity (Wildman–Crippen MR) is 118 cm³/mol. The smallest absolute Gasteiger partial charge is 0.234 e.